The highest BCUT2D eigenvalue weighted by Gasteiger charge is 2.04. The Morgan fingerprint density at radius 1 is 1.60 bits per heavy atom. The van der Waals surface area contributed by atoms with Gasteiger partial charge in [0, 0.05) is 19.1 Å². The van der Waals surface area contributed by atoms with E-state index < -0.39 is 4.92 Å². The monoisotopic (exact) mass is 207 g/mol. The van der Waals surface area contributed by atoms with E-state index in [-0.39, 0.29) is 11.5 Å². The van der Waals surface area contributed by atoms with Crippen LogP contribution in [0.4, 0.5) is 11.4 Å². The average Bonchev–Trinajstić information content (AvgIpc) is 2.17. The lowest BCUT2D eigenvalue weighted by Crippen LogP contribution is -1.96. The van der Waals surface area contributed by atoms with Crippen LogP contribution in [0.5, 0.6) is 0 Å². The fraction of sp³-hybridized carbons (Fsp3) is 0.111. The predicted octanol–water partition coefficient (Wildman–Crippen LogP) is 1.58. The smallest absolute Gasteiger partial charge is 0.271 e. The molecular formula is C9H9N3O3. The van der Waals surface area contributed by atoms with Gasteiger partial charge in [-0.3, -0.25) is 20.3 Å². The number of nitro groups is 1. The first-order chi connectivity index (χ1) is 7.09. The summed E-state index contributed by atoms with van der Waals surface area (Å²) >= 11 is 0. The van der Waals surface area contributed by atoms with Gasteiger partial charge >= 0.3 is 0 Å². The molecule has 78 valence electrons. The van der Waals surface area contributed by atoms with E-state index in [9.17, 15) is 14.9 Å². The Bertz CT molecular complexity index is 415. The number of rotatable bonds is 4. The van der Waals surface area contributed by atoms with Gasteiger partial charge in [-0.05, 0) is 6.07 Å². The highest BCUT2D eigenvalue weighted by Crippen LogP contribution is 2.16. The van der Waals surface area contributed by atoms with Gasteiger partial charge in [0.2, 0.25) is 0 Å². The molecule has 0 aliphatic heterocycles. The minimum Gasteiger partial charge on any atom is -0.293 e. The number of carbonyl (C=O) groups excluding carboxylic acids is 1. The van der Waals surface area contributed by atoms with Gasteiger partial charge in [0.25, 0.3) is 5.69 Å². The topological polar surface area (TPSA) is 84.6 Å². The molecule has 0 atom stereocenters. The van der Waals surface area contributed by atoms with E-state index in [2.05, 4.69) is 10.5 Å². The van der Waals surface area contributed by atoms with E-state index in [1.807, 2.05) is 0 Å². The summed E-state index contributed by atoms with van der Waals surface area (Å²) in [6.45, 7) is 1.36. The molecule has 0 aromatic heterocycles. The SMILES string of the molecule is CC(=O)C=NNc1cccc([N+](=O)[O-])c1. The van der Waals surface area contributed by atoms with Gasteiger partial charge < -0.3 is 0 Å². The van der Waals surface area contributed by atoms with Gasteiger partial charge in [0.1, 0.15) is 0 Å². The number of hydrogen-bond acceptors (Lipinski definition) is 5. The summed E-state index contributed by atoms with van der Waals surface area (Å²) in [6, 6.07) is 5.85. The van der Waals surface area contributed by atoms with Gasteiger partial charge in [0.15, 0.2) is 5.78 Å². The number of carbonyl (C=O) groups is 1. The molecule has 1 aromatic rings. The molecule has 0 saturated heterocycles. The standard InChI is InChI=1S/C9H9N3O3/c1-7(13)6-10-11-8-3-2-4-9(5-8)12(14)15/h2-6,11H,1H3. The Balaban J connectivity index is 2.74. The summed E-state index contributed by atoms with van der Waals surface area (Å²) < 4.78 is 0. The molecular weight excluding hydrogens is 198 g/mol. The number of non-ortho nitro benzene ring substituents is 1. The fourth-order valence-electron chi connectivity index (χ4n) is 0.887. The summed E-state index contributed by atoms with van der Waals surface area (Å²) in [7, 11) is 0. The van der Waals surface area contributed by atoms with Crippen molar-refractivity contribution in [1.29, 1.82) is 0 Å². The summed E-state index contributed by atoms with van der Waals surface area (Å²) in [5.41, 5.74) is 2.95. The molecule has 0 radical (unpaired) electrons. The highest BCUT2D eigenvalue weighted by molar-refractivity contribution is 6.26. The van der Waals surface area contributed by atoms with Crippen LogP contribution in [-0.4, -0.2) is 16.9 Å². The van der Waals surface area contributed by atoms with Crippen LogP contribution in [0.2, 0.25) is 0 Å². The zero-order valence-electron chi connectivity index (χ0n) is 8.01. The molecule has 1 aromatic carbocycles. The summed E-state index contributed by atoms with van der Waals surface area (Å²) in [5, 5.41) is 14.0. The lowest BCUT2D eigenvalue weighted by Gasteiger charge is -1.98. The van der Waals surface area contributed by atoms with Gasteiger partial charge in [-0.1, -0.05) is 6.07 Å². The first kappa shape index (κ1) is 10.8. The molecule has 0 spiro atoms. The molecule has 0 unspecified atom stereocenters. The van der Waals surface area contributed by atoms with Crippen molar-refractivity contribution in [3.8, 4) is 0 Å². The number of Topliss-reactive ketones (excluding diaryl/α,β-unsaturated/α-hetero) is 1. The van der Waals surface area contributed by atoms with Crippen molar-refractivity contribution in [2.45, 2.75) is 6.92 Å². The van der Waals surface area contributed by atoms with Gasteiger partial charge in [0.05, 0.1) is 16.8 Å². The molecule has 6 heteroatoms. The molecule has 0 amide bonds. The molecule has 0 aliphatic rings. The normalized spacial score (nSPS) is 10.2. The first-order valence-electron chi connectivity index (χ1n) is 4.13. The third kappa shape index (κ3) is 3.55. The third-order valence-corrected chi connectivity index (χ3v) is 1.50. The zero-order chi connectivity index (χ0) is 11.3. The molecule has 0 saturated carbocycles. The molecule has 0 bridgehead atoms. The van der Waals surface area contributed by atoms with E-state index in [0.717, 1.165) is 6.21 Å². The highest BCUT2D eigenvalue weighted by atomic mass is 16.6. The second kappa shape index (κ2) is 4.85. The number of nitrogens with zero attached hydrogens (tertiary/aromatic N) is 2. The molecule has 0 heterocycles. The zero-order valence-corrected chi connectivity index (χ0v) is 8.01. The maximum atomic E-state index is 10.5. The van der Waals surface area contributed by atoms with Crippen LogP contribution in [-0.2, 0) is 4.79 Å². The molecule has 15 heavy (non-hydrogen) atoms. The average molecular weight is 207 g/mol. The van der Waals surface area contributed by atoms with Crippen LogP contribution in [0.25, 0.3) is 0 Å². The molecule has 1 rings (SSSR count). The minimum absolute atomic E-state index is 0.0296. The largest absolute Gasteiger partial charge is 0.293 e. The van der Waals surface area contributed by atoms with Crippen LogP contribution in [0, 0.1) is 10.1 Å². The maximum Gasteiger partial charge on any atom is 0.271 e. The van der Waals surface area contributed by atoms with Crippen LogP contribution < -0.4 is 5.43 Å². The Morgan fingerprint density at radius 2 is 2.33 bits per heavy atom. The molecule has 6 nitrogen and oxygen atoms in total. The molecule has 0 aliphatic carbocycles. The summed E-state index contributed by atoms with van der Waals surface area (Å²) in [4.78, 5) is 20.4. The van der Waals surface area contributed by atoms with Crippen LogP contribution in [0.15, 0.2) is 29.4 Å². The lowest BCUT2D eigenvalue weighted by molar-refractivity contribution is -0.384. The van der Waals surface area contributed by atoms with E-state index >= 15 is 0 Å². The predicted molar refractivity (Wildman–Crippen MR) is 55.9 cm³/mol. The lowest BCUT2D eigenvalue weighted by atomic mass is 10.3. The van der Waals surface area contributed by atoms with Gasteiger partial charge in [-0.25, -0.2) is 0 Å². The van der Waals surface area contributed by atoms with E-state index in [0.29, 0.717) is 5.69 Å². The maximum absolute atomic E-state index is 10.5. The number of nitrogens with one attached hydrogen (secondary N) is 1. The van der Waals surface area contributed by atoms with Crippen molar-refractivity contribution in [3.05, 3.63) is 34.4 Å². The quantitative estimate of drug-likeness (QED) is 0.461. The van der Waals surface area contributed by atoms with Crippen molar-refractivity contribution in [3.63, 3.8) is 0 Å². The van der Waals surface area contributed by atoms with Crippen molar-refractivity contribution < 1.29 is 9.72 Å². The number of hydrazone groups is 1. The van der Waals surface area contributed by atoms with Crippen LogP contribution in [0.3, 0.4) is 0 Å². The third-order valence-electron chi connectivity index (χ3n) is 1.50. The number of nitro benzene ring substituents is 1. The van der Waals surface area contributed by atoms with Gasteiger partial charge in [-0.2, -0.15) is 5.10 Å². The van der Waals surface area contributed by atoms with Crippen LogP contribution >= 0.6 is 0 Å². The fourth-order valence-corrected chi connectivity index (χ4v) is 0.887. The Labute approximate surface area is 85.8 Å². The van der Waals surface area contributed by atoms with Gasteiger partial charge in [-0.15, -0.1) is 0 Å². The number of anilines is 1. The second-order valence-corrected chi connectivity index (χ2v) is 2.79. The van der Waals surface area contributed by atoms with E-state index in [4.69, 9.17) is 0 Å². The number of hydrogen-bond donors (Lipinski definition) is 1. The summed E-state index contributed by atoms with van der Waals surface area (Å²) in [5.74, 6) is -0.201. The second-order valence-electron chi connectivity index (χ2n) is 2.79. The van der Waals surface area contributed by atoms with E-state index in [1.54, 1.807) is 6.07 Å². The number of ketones is 1. The summed E-state index contributed by atoms with van der Waals surface area (Å²) in [6.07, 6.45) is 1.10. The van der Waals surface area contributed by atoms with Crippen LogP contribution in [0.1, 0.15) is 6.92 Å². The Kier molecular flexibility index (Phi) is 3.50. The molecule has 1 N–H and O–H groups in total. The van der Waals surface area contributed by atoms with Crippen molar-refractivity contribution in [1.82, 2.24) is 0 Å². The van der Waals surface area contributed by atoms with Crippen molar-refractivity contribution >= 4 is 23.4 Å². The van der Waals surface area contributed by atoms with E-state index in [1.165, 1.54) is 25.1 Å². The number of benzene rings is 1. The minimum atomic E-state index is -0.500. The van der Waals surface area contributed by atoms with Crippen molar-refractivity contribution in [2.24, 2.45) is 5.10 Å². The first-order valence-corrected chi connectivity index (χ1v) is 4.13. The Hall–Kier alpha value is -2.24. The Morgan fingerprint density at radius 3 is 2.93 bits per heavy atom. The molecule has 0 fully saturated rings. The van der Waals surface area contributed by atoms with Crippen molar-refractivity contribution in [2.75, 3.05) is 5.43 Å².